The molecule has 1 N–H and O–H groups in total. The molecule has 6 nitrogen and oxygen atoms in total. The minimum Gasteiger partial charge on any atom is -0.492 e. The van der Waals surface area contributed by atoms with Crippen LogP contribution in [0, 0.1) is 6.92 Å². The van der Waals surface area contributed by atoms with E-state index < -0.39 is 10.0 Å². The molecule has 3 rings (SSSR count). The highest BCUT2D eigenvalue weighted by atomic mass is 35.5. The van der Waals surface area contributed by atoms with E-state index in [0.29, 0.717) is 13.2 Å². The first-order valence-electron chi connectivity index (χ1n) is 9.58. The number of hydrogen-bond acceptors (Lipinski definition) is 4. The molecule has 162 valence electrons. The van der Waals surface area contributed by atoms with E-state index in [1.807, 2.05) is 31.2 Å². The second-order valence-electron chi connectivity index (χ2n) is 7.00. The summed E-state index contributed by atoms with van der Waals surface area (Å²) >= 11 is 6.04. The number of hydrogen-bond donors (Lipinski definition) is 1. The molecular weight excluding hydrogens is 436 g/mol. The van der Waals surface area contributed by atoms with Gasteiger partial charge in [-0.15, -0.1) is 0 Å². The summed E-state index contributed by atoms with van der Waals surface area (Å²) in [4.78, 5) is 14.2. The molecule has 0 aliphatic heterocycles. The fourth-order valence-corrected chi connectivity index (χ4v) is 4.24. The number of halogens is 1. The fourth-order valence-electron chi connectivity index (χ4n) is 2.87. The van der Waals surface area contributed by atoms with Crippen LogP contribution in [0.25, 0.3) is 0 Å². The Morgan fingerprint density at radius 1 is 1.03 bits per heavy atom. The number of anilines is 1. The molecule has 0 fully saturated rings. The van der Waals surface area contributed by atoms with Gasteiger partial charge in [-0.2, -0.15) is 0 Å². The van der Waals surface area contributed by atoms with Gasteiger partial charge in [-0.25, -0.2) is 8.42 Å². The molecule has 0 heterocycles. The zero-order valence-electron chi connectivity index (χ0n) is 17.2. The van der Waals surface area contributed by atoms with Crippen molar-refractivity contribution < 1.29 is 17.9 Å². The Kier molecular flexibility index (Phi) is 7.20. The molecule has 0 aliphatic rings. The zero-order valence-corrected chi connectivity index (χ0v) is 18.8. The van der Waals surface area contributed by atoms with Crippen molar-refractivity contribution in [1.29, 1.82) is 0 Å². The number of ether oxygens (including phenoxy) is 1. The van der Waals surface area contributed by atoms with Gasteiger partial charge in [0.2, 0.25) is 0 Å². The number of carbonyl (C=O) groups excluding carboxylic acids is 1. The molecule has 0 aromatic heterocycles. The smallest absolute Gasteiger partial charge is 0.261 e. The highest BCUT2D eigenvalue weighted by Gasteiger charge is 2.19. The van der Waals surface area contributed by atoms with Gasteiger partial charge in [0, 0.05) is 12.6 Å². The molecule has 0 bridgehead atoms. The van der Waals surface area contributed by atoms with Gasteiger partial charge in [0.25, 0.3) is 15.9 Å². The maximum atomic E-state index is 12.8. The van der Waals surface area contributed by atoms with E-state index in [4.69, 9.17) is 16.3 Å². The Bertz CT molecular complexity index is 1180. The third-order valence-electron chi connectivity index (χ3n) is 4.54. The highest BCUT2D eigenvalue weighted by Crippen LogP contribution is 2.24. The van der Waals surface area contributed by atoms with Gasteiger partial charge in [-0.3, -0.25) is 9.52 Å². The summed E-state index contributed by atoms with van der Waals surface area (Å²) in [7, 11) is -2.26. The van der Waals surface area contributed by atoms with Crippen molar-refractivity contribution in [2.75, 3.05) is 24.9 Å². The number of para-hydroxylation sites is 1. The van der Waals surface area contributed by atoms with E-state index in [1.165, 1.54) is 23.1 Å². The number of likely N-dealkylation sites (N-methyl/N-ethyl adjacent to an activating group) is 1. The highest BCUT2D eigenvalue weighted by molar-refractivity contribution is 7.92. The molecule has 0 saturated carbocycles. The van der Waals surface area contributed by atoms with Gasteiger partial charge < -0.3 is 9.64 Å². The van der Waals surface area contributed by atoms with E-state index in [1.54, 1.807) is 37.4 Å². The van der Waals surface area contributed by atoms with Crippen molar-refractivity contribution in [3.63, 3.8) is 0 Å². The second kappa shape index (κ2) is 9.85. The number of nitrogens with one attached hydrogen (secondary N) is 1. The molecule has 0 aliphatic carbocycles. The lowest BCUT2D eigenvalue weighted by Crippen LogP contribution is -2.31. The Labute approximate surface area is 187 Å². The lowest BCUT2D eigenvalue weighted by Gasteiger charge is -2.18. The van der Waals surface area contributed by atoms with Crippen LogP contribution in [0.3, 0.4) is 0 Å². The molecule has 3 aromatic rings. The minimum atomic E-state index is -3.90. The van der Waals surface area contributed by atoms with Crippen LogP contribution in [0.1, 0.15) is 15.9 Å². The summed E-state index contributed by atoms with van der Waals surface area (Å²) < 4.78 is 33.6. The van der Waals surface area contributed by atoms with Crippen LogP contribution in [-0.4, -0.2) is 39.4 Å². The molecule has 0 unspecified atom stereocenters. The zero-order chi connectivity index (χ0) is 22.4. The Balaban J connectivity index is 1.67. The van der Waals surface area contributed by atoms with Gasteiger partial charge in [0.05, 0.1) is 22.2 Å². The number of aryl methyl sites for hydroxylation is 1. The number of rotatable bonds is 8. The molecule has 3 aromatic carbocycles. The second-order valence-corrected chi connectivity index (χ2v) is 9.09. The molecular formula is C23H23ClN2O4S. The minimum absolute atomic E-state index is 0.0253. The first-order valence-corrected chi connectivity index (χ1v) is 11.4. The van der Waals surface area contributed by atoms with Crippen LogP contribution in [0.5, 0.6) is 5.75 Å². The van der Waals surface area contributed by atoms with Crippen molar-refractivity contribution in [2.45, 2.75) is 11.8 Å². The summed E-state index contributed by atoms with van der Waals surface area (Å²) in [5.74, 6) is 0.433. The van der Waals surface area contributed by atoms with Crippen LogP contribution < -0.4 is 9.46 Å². The summed E-state index contributed by atoms with van der Waals surface area (Å²) in [5.41, 5.74) is 1.62. The monoisotopic (exact) mass is 458 g/mol. The molecule has 0 spiro atoms. The molecule has 31 heavy (non-hydrogen) atoms. The van der Waals surface area contributed by atoms with E-state index in [-0.39, 0.29) is 27.1 Å². The van der Waals surface area contributed by atoms with Gasteiger partial charge in [0.15, 0.2) is 0 Å². The average molecular weight is 459 g/mol. The van der Waals surface area contributed by atoms with Gasteiger partial charge >= 0.3 is 0 Å². The third kappa shape index (κ3) is 5.99. The normalized spacial score (nSPS) is 11.1. The summed E-state index contributed by atoms with van der Waals surface area (Å²) in [5, 5.41) is 0.284. The van der Waals surface area contributed by atoms with Gasteiger partial charge in [0.1, 0.15) is 12.4 Å². The predicted molar refractivity (Wildman–Crippen MR) is 122 cm³/mol. The topological polar surface area (TPSA) is 75.7 Å². The Morgan fingerprint density at radius 3 is 2.52 bits per heavy atom. The fraction of sp³-hybridized carbons (Fsp3) is 0.174. The summed E-state index contributed by atoms with van der Waals surface area (Å²) in [6.45, 7) is 2.64. The molecule has 0 saturated heterocycles. The number of benzene rings is 3. The lowest BCUT2D eigenvalue weighted by molar-refractivity contribution is 0.0773. The third-order valence-corrected chi connectivity index (χ3v) is 6.23. The molecule has 8 heteroatoms. The van der Waals surface area contributed by atoms with Crippen molar-refractivity contribution >= 4 is 33.2 Å². The number of sulfonamides is 1. The maximum absolute atomic E-state index is 12.8. The van der Waals surface area contributed by atoms with E-state index in [0.717, 1.165) is 11.3 Å². The van der Waals surface area contributed by atoms with E-state index in [2.05, 4.69) is 4.72 Å². The van der Waals surface area contributed by atoms with Crippen LogP contribution >= 0.6 is 11.6 Å². The predicted octanol–water partition coefficient (Wildman–Crippen LogP) is 4.60. The van der Waals surface area contributed by atoms with Crippen LogP contribution in [-0.2, 0) is 10.0 Å². The van der Waals surface area contributed by atoms with Gasteiger partial charge in [-0.1, -0.05) is 41.9 Å². The quantitative estimate of drug-likeness (QED) is 0.535. The maximum Gasteiger partial charge on any atom is 0.261 e. The van der Waals surface area contributed by atoms with Crippen molar-refractivity contribution in [3.8, 4) is 5.75 Å². The van der Waals surface area contributed by atoms with Crippen LogP contribution in [0.15, 0.2) is 77.7 Å². The Morgan fingerprint density at radius 2 is 1.77 bits per heavy atom. The van der Waals surface area contributed by atoms with E-state index in [9.17, 15) is 13.2 Å². The summed E-state index contributed by atoms with van der Waals surface area (Å²) in [6.07, 6.45) is 0. The van der Waals surface area contributed by atoms with Crippen molar-refractivity contribution in [1.82, 2.24) is 4.90 Å². The first-order chi connectivity index (χ1) is 14.8. The molecule has 0 radical (unpaired) electrons. The number of amides is 1. The van der Waals surface area contributed by atoms with Crippen molar-refractivity contribution in [3.05, 3.63) is 88.9 Å². The lowest BCUT2D eigenvalue weighted by atomic mass is 10.2. The summed E-state index contributed by atoms with van der Waals surface area (Å²) in [6, 6.07) is 20.1. The van der Waals surface area contributed by atoms with Gasteiger partial charge in [-0.05, 0) is 55.0 Å². The molecule has 1 amide bonds. The van der Waals surface area contributed by atoms with Crippen molar-refractivity contribution in [2.24, 2.45) is 0 Å². The Hall–Kier alpha value is -3.03. The SMILES string of the molecule is Cc1cccc(OCCN(C)C(=O)c2cccc(S(=O)(=O)Nc3ccccc3Cl)c2)c1. The molecule has 0 atom stereocenters. The first kappa shape index (κ1) is 22.7. The van der Waals surface area contributed by atoms with E-state index >= 15 is 0 Å². The largest absolute Gasteiger partial charge is 0.492 e. The number of nitrogens with zero attached hydrogens (tertiary/aromatic N) is 1. The van der Waals surface area contributed by atoms with Crippen LogP contribution in [0.2, 0.25) is 5.02 Å². The standard InChI is InChI=1S/C23H23ClN2O4S/c1-17-7-5-9-19(15-17)30-14-13-26(2)23(27)18-8-6-10-20(16-18)31(28,29)25-22-12-4-3-11-21(22)24/h3-12,15-16,25H,13-14H2,1-2H3. The van der Waals surface area contributed by atoms with Crippen LogP contribution in [0.4, 0.5) is 5.69 Å². The number of carbonyl (C=O) groups is 1. The average Bonchev–Trinajstić information content (AvgIpc) is 2.75.